The molecule has 3 heterocycles. The Labute approximate surface area is 94.2 Å². The van der Waals surface area contributed by atoms with E-state index in [0.29, 0.717) is 0 Å². The Hall–Kier alpha value is -1.90. The summed E-state index contributed by atoms with van der Waals surface area (Å²) in [5.74, 6) is 0. The molecule has 0 fully saturated rings. The van der Waals surface area contributed by atoms with Crippen LogP contribution in [0.4, 0.5) is 0 Å². The van der Waals surface area contributed by atoms with Gasteiger partial charge in [0, 0.05) is 11.9 Å². The van der Waals surface area contributed by atoms with E-state index in [-0.39, 0.29) is 0 Å². The van der Waals surface area contributed by atoms with Crippen molar-refractivity contribution in [2.45, 2.75) is 19.8 Å². The first-order chi connectivity index (χ1) is 7.84. The Morgan fingerprint density at radius 2 is 2.25 bits per heavy atom. The van der Waals surface area contributed by atoms with Crippen molar-refractivity contribution in [2.24, 2.45) is 4.99 Å². The van der Waals surface area contributed by atoms with Crippen LogP contribution >= 0.6 is 0 Å². The van der Waals surface area contributed by atoms with Gasteiger partial charge in [-0.2, -0.15) is 0 Å². The second kappa shape index (κ2) is 3.59. The number of hydrogen-bond acceptors (Lipinski definition) is 2. The van der Waals surface area contributed by atoms with Gasteiger partial charge in [-0.15, -0.1) is 0 Å². The van der Waals surface area contributed by atoms with E-state index in [2.05, 4.69) is 27.4 Å². The molecular weight excluding hydrogens is 198 g/mol. The van der Waals surface area contributed by atoms with Crippen molar-refractivity contribution in [1.82, 2.24) is 9.38 Å². The van der Waals surface area contributed by atoms with Gasteiger partial charge in [0.1, 0.15) is 5.65 Å². The maximum atomic E-state index is 4.59. The van der Waals surface area contributed by atoms with Gasteiger partial charge in [-0.3, -0.25) is 9.39 Å². The predicted octanol–water partition coefficient (Wildman–Crippen LogP) is 2.93. The van der Waals surface area contributed by atoms with Gasteiger partial charge in [-0.1, -0.05) is 12.1 Å². The summed E-state index contributed by atoms with van der Waals surface area (Å²) in [5, 5.41) is 0. The van der Waals surface area contributed by atoms with Gasteiger partial charge in [-0.25, -0.2) is 4.98 Å². The molecule has 0 radical (unpaired) electrons. The molecule has 0 saturated heterocycles. The minimum atomic E-state index is 0.969. The number of imidazole rings is 1. The van der Waals surface area contributed by atoms with Crippen LogP contribution in [0.5, 0.6) is 0 Å². The molecule has 1 aliphatic rings. The third kappa shape index (κ3) is 1.45. The molecule has 80 valence electrons. The van der Waals surface area contributed by atoms with E-state index in [1.54, 1.807) is 0 Å². The lowest BCUT2D eigenvalue weighted by atomic mass is 10.1. The van der Waals surface area contributed by atoms with Crippen LogP contribution < -0.4 is 0 Å². The van der Waals surface area contributed by atoms with Crippen LogP contribution in [0.2, 0.25) is 0 Å². The third-order valence-corrected chi connectivity index (χ3v) is 2.83. The Balaban J connectivity index is 2.16. The molecular formula is C13H13N3. The molecule has 0 atom stereocenters. The van der Waals surface area contributed by atoms with Crippen molar-refractivity contribution in [3.8, 4) is 0 Å². The summed E-state index contributed by atoms with van der Waals surface area (Å²) in [5.41, 5.74) is 4.29. The van der Waals surface area contributed by atoms with E-state index < -0.39 is 0 Å². The highest BCUT2D eigenvalue weighted by Gasteiger charge is 2.10. The maximum Gasteiger partial charge on any atom is 0.137 e. The summed E-state index contributed by atoms with van der Waals surface area (Å²) in [7, 11) is 0. The number of nitrogens with zero attached hydrogens (tertiary/aromatic N) is 3. The molecule has 16 heavy (non-hydrogen) atoms. The van der Waals surface area contributed by atoms with Crippen LogP contribution in [-0.2, 0) is 0 Å². The quantitative estimate of drug-likeness (QED) is 0.713. The van der Waals surface area contributed by atoms with Gasteiger partial charge in [0.15, 0.2) is 0 Å². The number of pyridine rings is 1. The average molecular weight is 211 g/mol. The molecule has 3 nitrogen and oxygen atoms in total. The van der Waals surface area contributed by atoms with Gasteiger partial charge >= 0.3 is 0 Å². The number of aliphatic imine (C=N–C) groups is 1. The van der Waals surface area contributed by atoms with E-state index >= 15 is 0 Å². The molecule has 1 aliphatic heterocycles. The zero-order valence-electron chi connectivity index (χ0n) is 9.22. The number of hydrogen-bond donors (Lipinski definition) is 0. The highest BCUT2D eigenvalue weighted by atomic mass is 15.0. The molecule has 2 aromatic heterocycles. The second-order valence-corrected chi connectivity index (χ2v) is 4.05. The first-order valence-electron chi connectivity index (χ1n) is 5.51. The molecule has 3 heteroatoms. The molecule has 0 amide bonds. The molecule has 0 spiro atoms. The molecule has 0 unspecified atom stereocenters. The van der Waals surface area contributed by atoms with Crippen molar-refractivity contribution in [3.63, 3.8) is 0 Å². The van der Waals surface area contributed by atoms with Crippen molar-refractivity contribution in [3.05, 3.63) is 42.4 Å². The normalized spacial score (nSPS) is 16.1. The molecule has 0 N–H and O–H groups in total. The second-order valence-electron chi connectivity index (χ2n) is 4.05. The summed E-state index contributed by atoms with van der Waals surface area (Å²) in [6.45, 7) is 2.08. The highest BCUT2D eigenvalue weighted by molar-refractivity contribution is 5.89. The van der Waals surface area contributed by atoms with Crippen molar-refractivity contribution in [2.75, 3.05) is 0 Å². The fourth-order valence-electron chi connectivity index (χ4n) is 2.01. The predicted molar refractivity (Wildman–Crippen MR) is 65.5 cm³/mol. The summed E-state index contributed by atoms with van der Waals surface area (Å²) in [6, 6.07) is 6.01. The molecule has 2 aromatic rings. The van der Waals surface area contributed by atoms with Crippen LogP contribution in [0.25, 0.3) is 11.3 Å². The number of aromatic nitrogens is 2. The standard InChI is InChI=1S/C13H13N3/c1-10-5-4-6-11(15-10)12-9-14-13-7-2-3-8-16(12)13/h2-3,6-9H,4-5H2,1H3. The van der Waals surface area contributed by atoms with Gasteiger partial charge in [-0.05, 0) is 31.9 Å². The van der Waals surface area contributed by atoms with E-state index in [1.165, 1.54) is 5.71 Å². The lowest BCUT2D eigenvalue weighted by Crippen LogP contribution is -1.99. The van der Waals surface area contributed by atoms with Gasteiger partial charge < -0.3 is 0 Å². The number of allylic oxidation sites excluding steroid dienone is 1. The largest absolute Gasteiger partial charge is 0.298 e. The van der Waals surface area contributed by atoms with Crippen LogP contribution in [0.1, 0.15) is 25.5 Å². The monoisotopic (exact) mass is 211 g/mol. The van der Waals surface area contributed by atoms with Crippen LogP contribution in [-0.4, -0.2) is 15.1 Å². The number of fused-ring (bicyclic) bond motifs is 1. The Morgan fingerprint density at radius 1 is 1.31 bits per heavy atom. The topological polar surface area (TPSA) is 29.7 Å². The highest BCUT2D eigenvalue weighted by Crippen LogP contribution is 2.22. The molecule has 0 aromatic carbocycles. The number of rotatable bonds is 1. The molecule has 0 saturated carbocycles. The smallest absolute Gasteiger partial charge is 0.137 e. The summed E-state index contributed by atoms with van der Waals surface area (Å²) in [6.07, 6.45) is 8.25. The lowest BCUT2D eigenvalue weighted by molar-refractivity contribution is 1.05. The minimum Gasteiger partial charge on any atom is -0.298 e. The third-order valence-electron chi connectivity index (χ3n) is 2.83. The zero-order chi connectivity index (χ0) is 11.0. The average Bonchev–Trinajstić information content (AvgIpc) is 2.72. The summed E-state index contributed by atoms with van der Waals surface area (Å²) < 4.78 is 2.08. The fraction of sp³-hybridized carbons (Fsp3) is 0.231. The van der Waals surface area contributed by atoms with E-state index in [0.717, 1.165) is 29.9 Å². The first kappa shape index (κ1) is 9.33. The zero-order valence-corrected chi connectivity index (χ0v) is 9.22. The van der Waals surface area contributed by atoms with E-state index in [4.69, 9.17) is 0 Å². The lowest BCUT2D eigenvalue weighted by Gasteiger charge is -2.09. The van der Waals surface area contributed by atoms with Gasteiger partial charge in [0.25, 0.3) is 0 Å². The Kier molecular flexibility index (Phi) is 2.10. The van der Waals surface area contributed by atoms with Gasteiger partial charge in [0.2, 0.25) is 0 Å². The molecule has 0 aliphatic carbocycles. The summed E-state index contributed by atoms with van der Waals surface area (Å²) in [4.78, 5) is 8.96. The SMILES string of the molecule is CC1=NC(c2cnc3ccccn23)=CCC1. The van der Waals surface area contributed by atoms with E-state index in [1.807, 2.05) is 30.6 Å². The van der Waals surface area contributed by atoms with Crippen molar-refractivity contribution < 1.29 is 0 Å². The first-order valence-corrected chi connectivity index (χ1v) is 5.51. The van der Waals surface area contributed by atoms with E-state index in [9.17, 15) is 0 Å². The molecule has 3 rings (SSSR count). The van der Waals surface area contributed by atoms with Crippen molar-refractivity contribution >= 4 is 17.1 Å². The van der Waals surface area contributed by atoms with Crippen LogP contribution in [0.3, 0.4) is 0 Å². The van der Waals surface area contributed by atoms with Gasteiger partial charge in [0.05, 0.1) is 17.6 Å². The fourth-order valence-corrected chi connectivity index (χ4v) is 2.01. The summed E-state index contributed by atoms with van der Waals surface area (Å²) >= 11 is 0. The van der Waals surface area contributed by atoms with Crippen molar-refractivity contribution in [1.29, 1.82) is 0 Å². The maximum absolute atomic E-state index is 4.59. The van der Waals surface area contributed by atoms with Crippen LogP contribution in [0, 0.1) is 0 Å². The van der Waals surface area contributed by atoms with Crippen LogP contribution in [0.15, 0.2) is 41.7 Å². The Bertz CT molecular complexity index is 590. The minimum absolute atomic E-state index is 0.969. The molecule has 0 bridgehead atoms. The Morgan fingerprint density at radius 3 is 3.12 bits per heavy atom.